The molecule has 96 valence electrons. The maximum absolute atomic E-state index is 12.3. The van der Waals surface area contributed by atoms with Crippen molar-refractivity contribution >= 4 is 16.7 Å². The van der Waals surface area contributed by atoms with Crippen LogP contribution in [0.15, 0.2) is 0 Å². The van der Waals surface area contributed by atoms with Crippen LogP contribution in [-0.2, 0) is 6.18 Å². The van der Waals surface area contributed by atoms with Gasteiger partial charge in [-0.15, -0.1) is 0 Å². The van der Waals surface area contributed by atoms with E-state index in [1.54, 1.807) is 0 Å². The van der Waals surface area contributed by atoms with Crippen molar-refractivity contribution in [2.24, 2.45) is 11.1 Å². The number of aromatic nitrogens is 2. The van der Waals surface area contributed by atoms with E-state index in [9.17, 15) is 13.2 Å². The summed E-state index contributed by atoms with van der Waals surface area (Å²) in [6, 6.07) is 0.113. The minimum absolute atomic E-state index is 0.0477. The van der Waals surface area contributed by atoms with Crippen LogP contribution >= 0.6 is 11.5 Å². The lowest BCUT2D eigenvalue weighted by Gasteiger charge is -2.50. The zero-order chi connectivity index (χ0) is 12.8. The Kier molecular flexibility index (Phi) is 2.81. The fraction of sp³-hybridized carbons (Fsp3) is 0.778. The minimum Gasteiger partial charge on any atom is -0.357 e. The fourth-order valence-corrected chi connectivity index (χ4v) is 2.39. The molecule has 3 N–H and O–H groups in total. The monoisotopic (exact) mass is 266 g/mol. The van der Waals surface area contributed by atoms with Crippen LogP contribution in [0.1, 0.15) is 26.1 Å². The molecule has 0 aliphatic heterocycles. The van der Waals surface area contributed by atoms with Gasteiger partial charge in [-0.25, -0.2) is 0 Å². The van der Waals surface area contributed by atoms with Crippen molar-refractivity contribution in [2.75, 3.05) is 5.32 Å². The lowest BCUT2D eigenvalue weighted by molar-refractivity contribution is -0.144. The van der Waals surface area contributed by atoms with Crippen molar-refractivity contribution in [1.82, 2.24) is 9.36 Å². The molecule has 1 fully saturated rings. The number of nitrogens with one attached hydrogen (secondary N) is 1. The molecule has 17 heavy (non-hydrogen) atoms. The zero-order valence-corrected chi connectivity index (χ0v) is 10.2. The highest BCUT2D eigenvalue weighted by Crippen LogP contribution is 2.41. The van der Waals surface area contributed by atoms with E-state index in [0.717, 1.165) is 18.0 Å². The summed E-state index contributed by atoms with van der Waals surface area (Å²) in [5, 5.41) is 3.15. The van der Waals surface area contributed by atoms with Gasteiger partial charge < -0.3 is 11.1 Å². The van der Waals surface area contributed by atoms with Crippen LogP contribution in [0.25, 0.3) is 0 Å². The molecule has 0 radical (unpaired) electrons. The summed E-state index contributed by atoms with van der Waals surface area (Å²) in [5.74, 6) is -1.09. The molecule has 0 saturated heterocycles. The highest BCUT2D eigenvalue weighted by atomic mass is 32.1. The topological polar surface area (TPSA) is 63.8 Å². The van der Waals surface area contributed by atoms with Crippen LogP contribution in [0.5, 0.6) is 0 Å². The molecule has 1 aromatic rings. The van der Waals surface area contributed by atoms with E-state index < -0.39 is 12.0 Å². The zero-order valence-electron chi connectivity index (χ0n) is 9.38. The second-order valence-electron chi connectivity index (χ2n) is 4.78. The molecule has 1 heterocycles. The van der Waals surface area contributed by atoms with Gasteiger partial charge in [0.2, 0.25) is 11.0 Å². The van der Waals surface area contributed by atoms with E-state index in [2.05, 4.69) is 14.7 Å². The molecule has 1 saturated carbocycles. The molecule has 2 unspecified atom stereocenters. The number of alkyl halides is 3. The third-order valence-corrected chi connectivity index (χ3v) is 3.97. The van der Waals surface area contributed by atoms with Crippen molar-refractivity contribution in [3.05, 3.63) is 5.82 Å². The first-order chi connectivity index (χ1) is 7.71. The van der Waals surface area contributed by atoms with Gasteiger partial charge in [0.15, 0.2) is 0 Å². The van der Waals surface area contributed by atoms with E-state index in [1.165, 1.54) is 0 Å². The van der Waals surface area contributed by atoms with Gasteiger partial charge in [0.05, 0.1) is 0 Å². The molecule has 8 heteroatoms. The van der Waals surface area contributed by atoms with Crippen molar-refractivity contribution in [2.45, 2.75) is 38.5 Å². The number of anilines is 1. The van der Waals surface area contributed by atoms with E-state index in [1.807, 2.05) is 13.8 Å². The summed E-state index contributed by atoms with van der Waals surface area (Å²) < 4.78 is 40.1. The number of nitrogens with two attached hydrogens (primary N) is 1. The van der Waals surface area contributed by atoms with Crippen LogP contribution in [0.2, 0.25) is 0 Å². The van der Waals surface area contributed by atoms with E-state index in [-0.39, 0.29) is 22.6 Å². The summed E-state index contributed by atoms with van der Waals surface area (Å²) in [6.07, 6.45) is -3.75. The van der Waals surface area contributed by atoms with Crippen molar-refractivity contribution in [3.8, 4) is 0 Å². The molecule has 1 aliphatic carbocycles. The van der Waals surface area contributed by atoms with Crippen LogP contribution in [0.3, 0.4) is 0 Å². The minimum atomic E-state index is -4.48. The smallest absolute Gasteiger partial charge is 0.357 e. The largest absolute Gasteiger partial charge is 0.452 e. The molecular formula is C9H13F3N4S. The van der Waals surface area contributed by atoms with Gasteiger partial charge in [0, 0.05) is 29.0 Å². The Hall–Kier alpha value is -0.890. The Morgan fingerprint density at radius 3 is 2.53 bits per heavy atom. The molecule has 1 aliphatic rings. The molecule has 0 aromatic carbocycles. The average molecular weight is 266 g/mol. The predicted octanol–water partition coefficient (Wildman–Crippen LogP) is 2.09. The first-order valence-corrected chi connectivity index (χ1v) is 5.91. The van der Waals surface area contributed by atoms with E-state index in [4.69, 9.17) is 5.73 Å². The second-order valence-corrected chi connectivity index (χ2v) is 5.53. The molecule has 0 bridgehead atoms. The number of hydrogen-bond donors (Lipinski definition) is 2. The summed E-state index contributed by atoms with van der Waals surface area (Å²) in [6.45, 7) is 3.95. The Morgan fingerprint density at radius 1 is 1.47 bits per heavy atom. The van der Waals surface area contributed by atoms with Crippen LogP contribution in [-0.4, -0.2) is 21.4 Å². The average Bonchev–Trinajstić information content (AvgIpc) is 2.65. The molecule has 4 nitrogen and oxygen atoms in total. The Balaban J connectivity index is 2.04. The van der Waals surface area contributed by atoms with E-state index >= 15 is 0 Å². The molecule has 2 atom stereocenters. The number of halogens is 3. The van der Waals surface area contributed by atoms with Crippen molar-refractivity contribution < 1.29 is 13.2 Å². The molecule has 0 spiro atoms. The number of nitrogens with zero attached hydrogens (tertiary/aromatic N) is 2. The fourth-order valence-electron chi connectivity index (χ4n) is 1.75. The third-order valence-electron chi connectivity index (χ3n) is 3.32. The van der Waals surface area contributed by atoms with Crippen molar-refractivity contribution in [3.63, 3.8) is 0 Å². The van der Waals surface area contributed by atoms with Gasteiger partial charge in [-0.1, -0.05) is 13.8 Å². The van der Waals surface area contributed by atoms with E-state index in [0.29, 0.717) is 0 Å². The highest BCUT2D eigenvalue weighted by molar-refractivity contribution is 7.09. The SMILES string of the molecule is CC1(C)C(N)CC1Nc1nc(C(F)(F)F)ns1. The Morgan fingerprint density at radius 2 is 2.12 bits per heavy atom. The molecule has 2 rings (SSSR count). The van der Waals surface area contributed by atoms with Crippen LogP contribution in [0, 0.1) is 5.41 Å². The maximum atomic E-state index is 12.3. The highest BCUT2D eigenvalue weighted by Gasteiger charge is 2.46. The first-order valence-electron chi connectivity index (χ1n) is 5.14. The molecule has 1 aromatic heterocycles. The van der Waals surface area contributed by atoms with Crippen molar-refractivity contribution in [1.29, 1.82) is 0 Å². The van der Waals surface area contributed by atoms with Gasteiger partial charge in [-0.3, -0.25) is 0 Å². The predicted molar refractivity (Wildman–Crippen MR) is 58.7 cm³/mol. The normalized spacial score (nSPS) is 27.6. The second kappa shape index (κ2) is 3.81. The van der Waals surface area contributed by atoms with Gasteiger partial charge in [-0.2, -0.15) is 22.5 Å². The van der Waals surface area contributed by atoms with Gasteiger partial charge in [-0.05, 0) is 6.42 Å². The van der Waals surface area contributed by atoms with Crippen LogP contribution < -0.4 is 11.1 Å². The van der Waals surface area contributed by atoms with Gasteiger partial charge >= 0.3 is 6.18 Å². The van der Waals surface area contributed by atoms with Gasteiger partial charge in [0.1, 0.15) is 0 Å². The summed E-state index contributed by atoms with van der Waals surface area (Å²) in [7, 11) is 0. The number of rotatable bonds is 2. The maximum Gasteiger partial charge on any atom is 0.452 e. The third kappa shape index (κ3) is 2.23. The van der Waals surface area contributed by atoms with Crippen LogP contribution in [0.4, 0.5) is 18.3 Å². The number of hydrogen-bond acceptors (Lipinski definition) is 5. The molecular weight excluding hydrogens is 253 g/mol. The quantitative estimate of drug-likeness (QED) is 0.860. The summed E-state index contributed by atoms with van der Waals surface area (Å²) in [4.78, 5) is 3.42. The lowest BCUT2D eigenvalue weighted by Crippen LogP contribution is -2.61. The van der Waals surface area contributed by atoms with Gasteiger partial charge in [0.25, 0.3) is 0 Å². The Labute approximate surface area is 101 Å². The molecule has 0 amide bonds. The first kappa shape index (κ1) is 12.6. The summed E-state index contributed by atoms with van der Waals surface area (Å²) >= 11 is 0.723. The Bertz CT molecular complexity index is 415. The lowest BCUT2D eigenvalue weighted by atomic mass is 9.63. The standard InChI is InChI=1S/C9H13F3N4S/c1-8(2)4(13)3-5(8)14-7-15-6(16-17-7)9(10,11)12/h4-5H,3,13H2,1-2H3,(H,14,15,16). The summed E-state index contributed by atoms with van der Waals surface area (Å²) in [5.41, 5.74) is 5.69.